The number of alkyl halides is 3. The van der Waals surface area contributed by atoms with Gasteiger partial charge >= 0.3 is 6.18 Å². The van der Waals surface area contributed by atoms with Crippen molar-refractivity contribution in [2.75, 3.05) is 19.0 Å². The van der Waals surface area contributed by atoms with Gasteiger partial charge in [0.25, 0.3) is 0 Å². The first-order valence-corrected chi connectivity index (χ1v) is 12.1. The Morgan fingerprint density at radius 1 is 1.15 bits per heavy atom. The topological polar surface area (TPSA) is 108 Å². The second kappa shape index (κ2) is 10.6. The van der Waals surface area contributed by atoms with Crippen molar-refractivity contribution in [3.8, 4) is 11.1 Å². The number of benzene rings is 1. The zero-order chi connectivity index (χ0) is 27.6. The Kier molecular flexibility index (Phi) is 7.17. The summed E-state index contributed by atoms with van der Waals surface area (Å²) in [7, 11) is 1.63. The van der Waals surface area contributed by atoms with Crippen LogP contribution in [0.15, 0.2) is 53.6 Å². The van der Waals surface area contributed by atoms with Crippen molar-refractivity contribution in [2.45, 2.75) is 43.8 Å². The molecule has 0 spiro atoms. The van der Waals surface area contributed by atoms with Crippen molar-refractivity contribution in [3.05, 3.63) is 77.6 Å². The minimum atomic E-state index is -4.46. The average molecular weight is 545 g/mol. The number of amides is 1. The molecule has 204 valence electrons. The van der Waals surface area contributed by atoms with Crippen LogP contribution < -0.4 is 5.32 Å². The highest BCUT2D eigenvalue weighted by Crippen LogP contribution is 2.59. The van der Waals surface area contributed by atoms with Crippen molar-refractivity contribution in [2.24, 2.45) is 0 Å². The fraction of sp³-hybridized carbons (Fsp3) is 0.346. The predicted octanol–water partition coefficient (Wildman–Crippen LogP) is 4.48. The van der Waals surface area contributed by atoms with Gasteiger partial charge < -0.3 is 14.6 Å². The molecule has 0 atom stereocenters. The summed E-state index contributed by atoms with van der Waals surface area (Å²) in [5.41, 5.74) is 0.135. The monoisotopic (exact) mass is 544 g/mol. The number of nitrogens with one attached hydrogen (secondary N) is 1. The Hall–Kier alpha value is -4.13. The molecular formula is C26H24F4N6O3. The number of methoxy groups -OCH3 is 1. The number of hydrogen-bond acceptors (Lipinski definition) is 7. The summed E-state index contributed by atoms with van der Waals surface area (Å²) in [5.74, 6) is -1.17. The molecule has 1 aliphatic carbocycles. The molecule has 4 aromatic rings. The number of aromatic nitrogens is 5. The van der Waals surface area contributed by atoms with Crippen LogP contribution in [0.4, 0.5) is 23.4 Å². The summed E-state index contributed by atoms with van der Waals surface area (Å²) in [6, 6.07) is 5.44. The molecule has 9 nitrogen and oxygen atoms in total. The van der Waals surface area contributed by atoms with Crippen molar-refractivity contribution in [1.82, 2.24) is 24.9 Å². The molecule has 1 aromatic carbocycles. The second-order valence-corrected chi connectivity index (χ2v) is 9.36. The molecule has 39 heavy (non-hydrogen) atoms. The van der Waals surface area contributed by atoms with Crippen LogP contribution in [0.5, 0.6) is 0 Å². The standard InChI is InChI=1S/C26H24F4N6O3/c1-38-7-6-36-15-16(12-33-36)8-22-31-13-19(14-32-22)17-2-3-18(20(27)9-17)10-24(37)34-23-11-21(39-35-23)25(4-5-25)26(28,29)30/h2-3,9,11-15H,4-8,10H2,1H3,(H,34,35,37). The van der Waals surface area contributed by atoms with Gasteiger partial charge in [-0.15, -0.1) is 0 Å². The molecule has 3 heterocycles. The molecule has 1 fully saturated rings. The Labute approximate surface area is 220 Å². The number of nitrogens with zero attached hydrogens (tertiary/aromatic N) is 5. The number of rotatable bonds is 10. The van der Waals surface area contributed by atoms with E-state index in [9.17, 15) is 22.4 Å². The fourth-order valence-electron chi connectivity index (χ4n) is 4.17. The molecule has 0 unspecified atom stereocenters. The molecule has 13 heteroatoms. The summed E-state index contributed by atoms with van der Waals surface area (Å²) in [6.07, 6.45) is 2.32. The molecule has 0 radical (unpaired) electrons. The van der Waals surface area contributed by atoms with Gasteiger partial charge in [0, 0.05) is 43.8 Å². The van der Waals surface area contributed by atoms with Crippen LogP contribution in [-0.2, 0) is 34.3 Å². The average Bonchev–Trinajstić information content (AvgIpc) is 3.41. The van der Waals surface area contributed by atoms with Gasteiger partial charge in [-0.2, -0.15) is 18.3 Å². The van der Waals surface area contributed by atoms with Crippen molar-refractivity contribution >= 4 is 11.7 Å². The lowest BCUT2D eigenvalue weighted by Crippen LogP contribution is -2.28. The second-order valence-electron chi connectivity index (χ2n) is 9.36. The van der Waals surface area contributed by atoms with Gasteiger partial charge in [-0.1, -0.05) is 17.3 Å². The summed E-state index contributed by atoms with van der Waals surface area (Å²) in [6.45, 7) is 1.20. The van der Waals surface area contributed by atoms with Gasteiger partial charge in [-0.3, -0.25) is 9.48 Å². The molecular weight excluding hydrogens is 520 g/mol. The third-order valence-corrected chi connectivity index (χ3v) is 6.56. The van der Waals surface area contributed by atoms with Crippen LogP contribution >= 0.6 is 0 Å². The SMILES string of the molecule is COCCn1cc(Cc2ncc(-c3ccc(CC(=O)Nc4cc(C5(C(F)(F)F)CC5)on4)c(F)c3)cn2)cn1. The zero-order valence-electron chi connectivity index (χ0n) is 20.8. The van der Waals surface area contributed by atoms with Crippen LogP contribution in [0.2, 0.25) is 0 Å². The summed E-state index contributed by atoms with van der Waals surface area (Å²) >= 11 is 0. The van der Waals surface area contributed by atoms with Gasteiger partial charge in [0.1, 0.15) is 17.1 Å². The third-order valence-electron chi connectivity index (χ3n) is 6.56. The summed E-state index contributed by atoms with van der Waals surface area (Å²) in [4.78, 5) is 21.1. The maximum atomic E-state index is 14.8. The smallest absolute Gasteiger partial charge is 0.383 e. The number of halogens is 4. The maximum Gasteiger partial charge on any atom is 0.401 e. The largest absolute Gasteiger partial charge is 0.401 e. The van der Waals surface area contributed by atoms with E-state index in [1.807, 2.05) is 6.20 Å². The normalized spacial score (nSPS) is 14.4. The summed E-state index contributed by atoms with van der Waals surface area (Å²) < 4.78 is 66.2. The highest BCUT2D eigenvalue weighted by molar-refractivity contribution is 5.91. The molecule has 3 aromatic heterocycles. The van der Waals surface area contributed by atoms with Crippen molar-refractivity contribution in [1.29, 1.82) is 0 Å². The molecule has 1 amide bonds. The molecule has 0 bridgehead atoms. The number of anilines is 1. The Bertz CT molecular complexity index is 1460. The number of hydrogen-bond donors (Lipinski definition) is 1. The lowest BCUT2D eigenvalue weighted by molar-refractivity contribution is -0.165. The molecule has 5 rings (SSSR count). The number of ether oxygens (including phenoxy) is 1. The van der Waals surface area contributed by atoms with Crippen LogP contribution in [0, 0.1) is 5.82 Å². The van der Waals surface area contributed by atoms with Crippen molar-refractivity contribution in [3.63, 3.8) is 0 Å². The molecule has 1 N–H and O–H groups in total. The van der Waals surface area contributed by atoms with E-state index in [-0.39, 0.29) is 36.4 Å². The first kappa shape index (κ1) is 26.5. The zero-order valence-corrected chi connectivity index (χ0v) is 20.8. The molecule has 1 saturated carbocycles. The van der Waals surface area contributed by atoms with E-state index in [1.54, 1.807) is 36.4 Å². The van der Waals surface area contributed by atoms with Gasteiger partial charge in [0.15, 0.2) is 11.6 Å². The highest BCUT2D eigenvalue weighted by atomic mass is 19.4. The van der Waals surface area contributed by atoms with Gasteiger partial charge in [0.2, 0.25) is 5.91 Å². The van der Waals surface area contributed by atoms with E-state index in [0.29, 0.717) is 36.5 Å². The molecule has 1 aliphatic rings. The maximum absolute atomic E-state index is 14.8. The van der Waals surface area contributed by atoms with Crippen molar-refractivity contribution < 1.29 is 31.6 Å². The third kappa shape index (κ3) is 5.82. The Morgan fingerprint density at radius 3 is 2.59 bits per heavy atom. The molecule has 0 saturated heterocycles. The van der Waals surface area contributed by atoms with E-state index in [0.717, 1.165) is 11.6 Å². The fourth-order valence-corrected chi connectivity index (χ4v) is 4.17. The first-order chi connectivity index (χ1) is 18.7. The first-order valence-electron chi connectivity index (χ1n) is 12.1. The van der Waals surface area contributed by atoms with E-state index in [2.05, 4.69) is 25.5 Å². The van der Waals surface area contributed by atoms with E-state index in [4.69, 9.17) is 9.26 Å². The lowest BCUT2D eigenvalue weighted by atomic mass is 10.0. The number of carbonyl (C=O) groups excluding carboxylic acids is 1. The van der Waals surface area contributed by atoms with E-state index in [1.165, 1.54) is 12.1 Å². The van der Waals surface area contributed by atoms with Crippen LogP contribution in [0.3, 0.4) is 0 Å². The Morgan fingerprint density at radius 2 is 1.92 bits per heavy atom. The Balaban J connectivity index is 1.18. The minimum absolute atomic E-state index is 0.0919. The summed E-state index contributed by atoms with van der Waals surface area (Å²) in [5, 5.41) is 10.1. The van der Waals surface area contributed by atoms with Crippen LogP contribution in [0.25, 0.3) is 11.1 Å². The quantitative estimate of drug-likeness (QED) is 0.293. The van der Waals surface area contributed by atoms with E-state index >= 15 is 0 Å². The van der Waals surface area contributed by atoms with Gasteiger partial charge in [-0.05, 0) is 35.6 Å². The van der Waals surface area contributed by atoms with Gasteiger partial charge in [0.05, 0.1) is 25.8 Å². The van der Waals surface area contributed by atoms with Crippen LogP contribution in [-0.4, -0.2) is 50.7 Å². The number of carbonyl (C=O) groups is 1. The molecule has 0 aliphatic heterocycles. The van der Waals surface area contributed by atoms with Crippen LogP contribution in [0.1, 0.15) is 35.6 Å². The lowest BCUT2D eigenvalue weighted by Gasteiger charge is -2.14. The van der Waals surface area contributed by atoms with E-state index < -0.39 is 23.3 Å². The predicted molar refractivity (Wildman–Crippen MR) is 130 cm³/mol. The minimum Gasteiger partial charge on any atom is -0.383 e. The van der Waals surface area contributed by atoms with Gasteiger partial charge in [-0.25, -0.2) is 14.4 Å². The highest BCUT2D eigenvalue weighted by Gasteiger charge is 2.66.